The molecule has 0 aromatic carbocycles. The Labute approximate surface area is 157 Å². The van der Waals surface area contributed by atoms with E-state index in [4.69, 9.17) is 0 Å². The third-order valence-electron chi connectivity index (χ3n) is 6.55. The Morgan fingerprint density at radius 3 is 2.46 bits per heavy atom. The third kappa shape index (κ3) is 5.32. The minimum atomic E-state index is -0.163. The van der Waals surface area contributed by atoms with E-state index in [1.165, 1.54) is 44.9 Å². The van der Waals surface area contributed by atoms with Crippen LogP contribution in [0, 0.1) is 11.8 Å². The number of carbonyl (C=O) groups excluding carboxylic acids is 2. The van der Waals surface area contributed by atoms with Crippen LogP contribution in [0.5, 0.6) is 0 Å². The molecule has 2 aliphatic carbocycles. The van der Waals surface area contributed by atoms with Crippen LogP contribution >= 0.6 is 0 Å². The molecule has 0 aromatic heterocycles. The summed E-state index contributed by atoms with van der Waals surface area (Å²) in [5.74, 6) is 0.857. The van der Waals surface area contributed by atoms with Gasteiger partial charge in [0.15, 0.2) is 0 Å². The Balaban J connectivity index is 1.44. The van der Waals surface area contributed by atoms with E-state index in [9.17, 15) is 9.59 Å². The van der Waals surface area contributed by atoms with E-state index in [0.717, 1.165) is 38.8 Å². The maximum absolute atomic E-state index is 12.5. The summed E-state index contributed by atoms with van der Waals surface area (Å²) >= 11 is 0. The standard InChI is InChI=1S/C21H35N3O2/c25-19(11-10-17-7-6-14-22-15-17)23-16-20(26)24-21(12-4-5-13-21)18-8-2-1-3-9-18/h10-11,17-18,22H,1-9,12-16H2,(H,23,25)(H,24,26)/b11-10+. The summed E-state index contributed by atoms with van der Waals surface area (Å²) in [6.45, 7) is 2.09. The van der Waals surface area contributed by atoms with Gasteiger partial charge in [0.25, 0.3) is 0 Å². The molecular weight excluding hydrogens is 326 g/mol. The predicted molar refractivity (Wildman–Crippen MR) is 104 cm³/mol. The number of hydrogen-bond donors (Lipinski definition) is 3. The highest BCUT2D eigenvalue weighted by Gasteiger charge is 2.42. The molecule has 0 aromatic rings. The Morgan fingerprint density at radius 2 is 1.77 bits per heavy atom. The van der Waals surface area contributed by atoms with Gasteiger partial charge in [-0.1, -0.05) is 38.2 Å². The van der Waals surface area contributed by atoms with Gasteiger partial charge in [-0.25, -0.2) is 0 Å². The largest absolute Gasteiger partial charge is 0.349 e. The molecule has 5 nitrogen and oxygen atoms in total. The van der Waals surface area contributed by atoms with Crippen LogP contribution in [0.4, 0.5) is 0 Å². The maximum Gasteiger partial charge on any atom is 0.244 e. The van der Waals surface area contributed by atoms with Gasteiger partial charge in [0.1, 0.15) is 0 Å². The minimum absolute atomic E-state index is 0.00810. The molecule has 3 aliphatic rings. The molecule has 3 fully saturated rings. The van der Waals surface area contributed by atoms with Crippen LogP contribution < -0.4 is 16.0 Å². The van der Waals surface area contributed by atoms with Crippen LogP contribution in [0.15, 0.2) is 12.2 Å². The molecule has 1 atom stereocenters. The highest BCUT2D eigenvalue weighted by molar-refractivity contribution is 5.91. The number of piperidine rings is 1. The lowest BCUT2D eigenvalue weighted by molar-refractivity contribution is -0.126. The van der Waals surface area contributed by atoms with Crippen molar-refractivity contribution in [2.75, 3.05) is 19.6 Å². The number of rotatable bonds is 6. The Morgan fingerprint density at radius 1 is 1.00 bits per heavy atom. The van der Waals surface area contributed by atoms with Crippen LogP contribution in [-0.2, 0) is 9.59 Å². The molecule has 0 bridgehead atoms. The summed E-state index contributed by atoms with van der Waals surface area (Å²) in [7, 11) is 0. The fraction of sp³-hybridized carbons (Fsp3) is 0.810. The fourth-order valence-electron chi connectivity index (χ4n) is 5.11. The van der Waals surface area contributed by atoms with Gasteiger partial charge in [-0.15, -0.1) is 0 Å². The van der Waals surface area contributed by atoms with E-state index < -0.39 is 0 Å². The molecule has 1 saturated heterocycles. The number of nitrogens with one attached hydrogen (secondary N) is 3. The van der Waals surface area contributed by atoms with E-state index in [0.29, 0.717) is 11.8 Å². The van der Waals surface area contributed by atoms with Gasteiger partial charge in [-0.05, 0) is 63.0 Å². The van der Waals surface area contributed by atoms with E-state index in [2.05, 4.69) is 16.0 Å². The van der Waals surface area contributed by atoms with E-state index in [-0.39, 0.29) is 23.9 Å². The van der Waals surface area contributed by atoms with Crippen LogP contribution in [0.25, 0.3) is 0 Å². The molecule has 0 radical (unpaired) electrons. The van der Waals surface area contributed by atoms with E-state index >= 15 is 0 Å². The van der Waals surface area contributed by atoms with Crippen molar-refractivity contribution in [3.63, 3.8) is 0 Å². The van der Waals surface area contributed by atoms with Crippen molar-refractivity contribution in [3.05, 3.63) is 12.2 Å². The summed E-state index contributed by atoms with van der Waals surface area (Å²) in [6, 6.07) is 0. The van der Waals surface area contributed by atoms with Crippen LogP contribution in [-0.4, -0.2) is 37.0 Å². The highest BCUT2D eigenvalue weighted by atomic mass is 16.2. The second-order valence-electron chi connectivity index (χ2n) is 8.43. The highest BCUT2D eigenvalue weighted by Crippen LogP contribution is 2.42. The van der Waals surface area contributed by atoms with Crippen molar-refractivity contribution in [2.45, 2.75) is 76.2 Å². The lowest BCUT2D eigenvalue weighted by atomic mass is 9.73. The van der Waals surface area contributed by atoms with Crippen LogP contribution in [0.3, 0.4) is 0 Å². The van der Waals surface area contributed by atoms with Gasteiger partial charge >= 0.3 is 0 Å². The first-order valence-corrected chi connectivity index (χ1v) is 10.7. The topological polar surface area (TPSA) is 70.2 Å². The van der Waals surface area contributed by atoms with Gasteiger partial charge in [-0.3, -0.25) is 9.59 Å². The average molecular weight is 362 g/mol. The molecule has 5 heteroatoms. The van der Waals surface area contributed by atoms with E-state index in [1.807, 2.05) is 6.08 Å². The lowest BCUT2D eigenvalue weighted by Gasteiger charge is -2.40. The molecule has 146 valence electrons. The quantitative estimate of drug-likeness (QED) is 0.637. The SMILES string of the molecule is O=C(/C=C/C1CCCNC1)NCC(=O)NC1(C2CCCCC2)CCCC1. The third-order valence-corrected chi connectivity index (χ3v) is 6.55. The first-order valence-electron chi connectivity index (χ1n) is 10.7. The summed E-state index contributed by atoms with van der Waals surface area (Å²) in [6.07, 6.45) is 16.9. The van der Waals surface area contributed by atoms with Gasteiger partial charge in [0.2, 0.25) is 11.8 Å². The normalized spacial score (nSPS) is 26.7. The van der Waals surface area contributed by atoms with Crippen molar-refractivity contribution < 1.29 is 9.59 Å². The zero-order valence-corrected chi connectivity index (χ0v) is 16.0. The summed E-state index contributed by atoms with van der Waals surface area (Å²) in [5, 5.41) is 9.43. The molecule has 2 amide bonds. The zero-order valence-electron chi connectivity index (χ0n) is 16.0. The second-order valence-corrected chi connectivity index (χ2v) is 8.43. The predicted octanol–water partition coefficient (Wildman–Crippen LogP) is 2.67. The van der Waals surface area contributed by atoms with Crippen molar-refractivity contribution in [1.82, 2.24) is 16.0 Å². The molecule has 2 saturated carbocycles. The van der Waals surface area contributed by atoms with Crippen LogP contribution in [0.1, 0.15) is 70.6 Å². The first kappa shape index (κ1) is 19.4. The molecule has 1 unspecified atom stereocenters. The van der Waals surface area contributed by atoms with Crippen molar-refractivity contribution in [1.29, 1.82) is 0 Å². The molecule has 0 spiro atoms. The van der Waals surface area contributed by atoms with Crippen molar-refractivity contribution >= 4 is 11.8 Å². The molecule has 1 heterocycles. The Hall–Kier alpha value is -1.36. The molecule has 3 rings (SSSR count). The summed E-state index contributed by atoms with van der Waals surface area (Å²) in [5.41, 5.74) is -0.00810. The Kier molecular flexibility index (Phi) is 7.12. The summed E-state index contributed by atoms with van der Waals surface area (Å²) in [4.78, 5) is 24.5. The monoisotopic (exact) mass is 361 g/mol. The number of carbonyl (C=O) groups is 2. The van der Waals surface area contributed by atoms with Crippen molar-refractivity contribution in [3.8, 4) is 0 Å². The molecule has 3 N–H and O–H groups in total. The smallest absolute Gasteiger partial charge is 0.244 e. The molecule has 1 aliphatic heterocycles. The number of hydrogen-bond acceptors (Lipinski definition) is 3. The summed E-state index contributed by atoms with van der Waals surface area (Å²) < 4.78 is 0. The molecule has 26 heavy (non-hydrogen) atoms. The average Bonchev–Trinajstić information content (AvgIpc) is 3.16. The molecular formula is C21H35N3O2. The van der Waals surface area contributed by atoms with Gasteiger partial charge in [-0.2, -0.15) is 0 Å². The van der Waals surface area contributed by atoms with Gasteiger partial charge in [0, 0.05) is 12.1 Å². The van der Waals surface area contributed by atoms with Crippen LogP contribution in [0.2, 0.25) is 0 Å². The second kappa shape index (κ2) is 9.54. The number of amides is 2. The first-order chi connectivity index (χ1) is 12.7. The zero-order chi connectivity index (χ0) is 18.2. The lowest BCUT2D eigenvalue weighted by Crippen LogP contribution is -2.54. The maximum atomic E-state index is 12.5. The fourth-order valence-corrected chi connectivity index (χ4v) is 5.11. The Bertz CT molecular complexity index is 499. The van der Waals surface area contributed by atoms with Gasteiger partial charge in [0.05, 0.1) is 6.54 Å². The van der Waals surface area contributed by atoms with Gasteiger partial charge < -0.3 is 16.0 Å². The van der Waals surface area contributed by atoms with Crippen molar-refractivity contribution in [2.24, 2.45) is 11.8 Å². The minimum Gasteiger partial charge on any atom is -0.349 e. The van der Waals surface area contributed by atoms with E-state index in [1.54, 1.807) is 6.08 Å².